The maximum atomic E-state index is 8.56. The third kappa shape index (κ3) is 16.6. The van der Waals surface area contributed by atoms with E-state index in [0.717, 1.165) is 0 Å². The van der Waals surface area contributed by atoms with E-state index in [1.807, 2.05) is 0 Å². The summed E-state index contributed by atoms with van der Waals surface area (Å²) < 4.78 is 0. The quantitative estimate of drug-likeness (QED) is 0.496. The number of unbranched alkanes of at least 4 members (excludes halogenated alkanes) is 4. The molecule has 0 aromatic heterocycles. The van der Waals surface area contributed by atoms with Crippen molar-refractivity contribution in [1.29, 1.82) is 0 Å². The van der Waals surface area contributed by atoms with E-state index < -0.39 is 6.16 Å². The second kappa shape index (κ2) is 17.5. The standard InChI is InChI=1S/2C11H16.CH2O3/c2*1-2-3-5-8-11-9-6-4-7-10-11;2-1(3)4/h2*4,6-7,9-10H,2-3,5,8H2,1H3;(H2,2,3,4). The summed E-state index contributed by atoms with van der Waals surface area (Å²) in [7, 11) is 0. The van der Waals surface area contributed by atoms with Crippen LogP contribution in [0.4, 0.5) is 4.79 Å². The molecule has 0 saturated carbocycles. The van der Waals surface area contributed by atoms with Crippen molar-refractivity contribution < 1.29 is 15.0 Å². The Bertz CT molecular complexity index is 488. The molecule has 0 aliphatic rings. The van der Waals surface area contributed by atoms with Crippen LogP contribution in [0.15, 0.2) is 60.7 Å². The fourth-order valence-electron chi connectivity index (χ4n) is 2.45. The van der Waals surface area contributed by atoms with Crippen molar-refractivity contribution in [3.8, 4) is 0 Å². The van der Waals surface area contributed by atoms with Gasteiger partial charge in [-0.05, 0) is 36.8 Å². The van der Waals surface area contributed by atoms with Crippen molar-refractivity contribution in [3.05, 3.63) is 71.8 Å². The van der Waals surface area contributed by atoms with Crippen molar-refractivity contribution in [2.75, 3.05) is 0 Å². The molecule has 0 aliphatic carbocycles. The number of carbonyl (C=O) groups is 1. The molecule has 26 heavy (non-hydrogen) atoms. The van der Waals surface area contributed by atoms with Crippen molar-refractivity contribution in [3.63, 3.8) is 0 Å². The fraction of sp³-hybridized carbons (Fsp3) is 0.435. The highest BCUT2D eigenvalue weighted by atomic mass is 16.6. The van der Waals surface area contributed by atoms with Gasteiger partial charge < -0.3 is 10.2 Å². The van der Waals surface area contributed by atoms with Crippen LogP contribution in [-0.4, -0.2) is 16.4 Å². The van der Waals surface area contributed by atoms with Gasteiger partial charge >= 0.3 is 6.16 Å². The van der Waals surface area contributed by atoms with Crippen LogP contribution in [0.25, 0.3) is 0 Å². The number of carboxylic acid groups (broad SMARTS) is 2. The van der Waals surface area contributed by atoms with Crippen LogP contribution in [0.2, 0.25) is 0 Å². The Balaban J connectivity index is 0.000000401. The van der Waals surface area contributed by atoms with Crippen molar-refractivity contribution >= 4 is 6.16 Å². The lowest BCUT2D eigenvalue weighted by atomic mass is 10.1. The number of benzene rings is 2. The Morgan fingerprint density at radius 1 is 0.654 bits per heavy atom. The lowest BCUT2D eigenvalue weighted by Crippen LogP contribution is -1.83. The highest BCUT2D eigenvalue weighted by Gasteiger charge is 1.90. The van der Waals surface area contributed by atoms with Crippen LogP contribution in [-0.2, 0) is 12.8 Å². The number of rotatable bonds is 8. The summed E-state index contributed by atoms with van der Waals surface area (Å²) >= 11 is 0. The third-order valence-corrected chi connectivity index (χ3v) is 3.82. The number of hydrogen-bond donors (Lipinski definition) is 2. The van der Waals surface area contributed by atoms with E-state index >= 15 is 0 Å². The van der Waals surface area contributed by atoms with Gasteiger partial charge in [0.05, 0.1) is 0 Å². The first-order valence-corrected chi connectivity index (χ1v) is 9.59. The molecule has 0 fully saturated rings. The van der Waals surface area contributed by atoms with Gasteiger partial charge in [0.1, 0.15) is 0 Å². The molecule has 2 rings (SSSR count). The van der Waals surface area contributed by atoms with E-state index in [9.17, 15) is 0 Å². The molecular formula is C23H34O3. The lowest BCUT2D eigenvalue weighted by molar-refractivity contribution is 0.137. The van der Waals surface area contributed by atoms with Gasteiger partial charge in [0, 0.05) is 0 Å². The average molecular weight is 359 g/mol. The Labute approximate surface area is 158 Å². The van der Waals surface area contributed by atoms with E-state index in [4.69, 9.17) is 15.0 Å². The van der Waals surface area contributed by atoms with Crippen molar-refractivity contribution in [2.24, 2.45) is 0 Å². The first-order valence-electron chi connectivity index (χ1n) is 9.59. The van der Waals surface area contributed by atoms with Gasteiger partial charge in [-0.2, -0.15) is 0 Å². The van der Waals surface area contributed by atoms with Crippen molar-refractivity contribution in [1.82, 2.24) is 0 Å². The second-order valence-corrected chi connectivity index (χ2v) is 6.17. The van der Waals surface area contributed by atoms with E-state index in [2.05, 4.69) is 74.5 Å². The van der Waals surface area contributed by atoms with Crippen LogP contribution in [0.5, 0.6) is 0 Å². The molecule has 3 heteroatoms. The number of aryl methyl sites for hydroxylation is 2. The summed E-state index contributed by atoms with van der Waals surface area (Å²) in [5.41, 5.74) is 2.95. The minimum absolute atomic E-state index is 1.24. The fourth-order valence-corrected chi connectivity index (χ4v) is 2.45. The second-order valence-electron chi connectivity index (χ2n) is 6.17. The molecule has 3 nitrogen and oxygen atoms in total. The molecule has 144 valence electrons. The monoisotopic (exact) mass is 358 g/mol. The van der Waals surface area contributed by atoms with E-state index in [0.29, 0.717) is 0 Å². The normalized spacial score (nSPS) is 9.31. The molecule has 0 spiro atoms. The highest BCUT2D eigenvalue weighted by molar-refractivity contribution is 5.53. The van der Waals surface area contributed by atoms with Gasteiger partial charge in [-0.15, -0.1) is 0 Å². The smallest absolute Gasteiger partial charge is 0.450 e. The molecule has 0 saturated heterocycles. The molecule has 0 amide bonds. The molecule has 2 aromatic carbocycles. The largest absolute Gasteiger partial charge is 0.503 e. The zero-order chi connectivity index (χ0) is 19.5. The summed E-state index contributed by atoms with van der Waals surface area (Å²) in [6.45, 7) is 4.48. The van der Waals surface area contributed by atoms with Crippen LogP contribution < -0.4 is 0 Å². The van der Waals surface area contributed by atoms with Gasteiger partial charge in [0.15, 0.2) is 0 Å². The molecule has 0 aliphatic heterocycles. The SMILES string of the molecule is CCCCCc1ccccc1.CCCCCc1ccccc1.O=C(O)O. The molecule has 2 N–H and O–H groups in total. The van der Waals surface area contributed by atoms with Gasteiger partial charge in [-0.25, -0.2) is 4.79 Å². The van der Waals surface area contributed by atoms with Gasteiger partial charge in [0.25, 0.3) is 0 Å². The summed E-state index contributed by atoms with van der Waals surface area (Å²) in [6.07, 6.45) is 8.66. The summed E-state index contributed by atoms with van der Waals surface area (Å²) in [4.78, 5) is 8.56. The van der Waals surface area contributed by atoms with Crippen LogP contribution >= 0.6 is 0 Å². The van der Waals surface area contributed by atoms with Crippen LogP contribution in [0.1, 0.15) is 63.5 Å². The zero-order valence-corrected chi connectivity index (χ0v) is 16.2. The molecule has 2 aromatic rings. The zero-order valence-electron chi connectivity index (χ0n) is 16.2. The Morgan fingerprint density at radius 3 is 1.23 bits per heavy atom. The third-order valence-electron chi connectivity index (χ3n) is 3.82. The maximum Gasteiger partial charge on any atom is 0.503 e. The highest BCUT2D eigenvalue weighted by Crippen LogP contribution is 2.06. The van der Waals surface area contributed by atoms with Gasteiger partial charge in [-0.3, -0.25) is 0 Å². The molecule has 0 bridgehead atoms. The topological polar surface area (TPSA) is 57.5 Å². The minimum Gasteiger partial charge on any atom is -0.450 e. The predicted molar refractivity (Wildman–Crippen MR) is 110 cm³/mol. The minimum atomic E-state index is -1.83. The van der Waals surface area contributed by atoms with E-state index in [1.165, 1.54) is 62.5 Å². The summed E-state index contributed by atoms with van der Waals surface area (Å²) in [5.74, 6) is 0. The Hall–Kier alpha value is -2.29. The van der Waals surface area contributed by atoms with Crippen LogP contribution in [0.3, 0.4) is 0 Å². The number of hydrogen-bond acceptors (Lipinski definition) is 1. The predicted octanol–water partition coefficient (Wildman–Crippen LogP) is 7.06. The average Bonchev–Trinajstić information content (AvgIpc) is 2.64. The first-order chi connectivity index (χ1) is 12.6. The maximum absolute atomic E-state index is 8.56. The summed E-state index contributed by atoms with van der Waals surface area (Å²) in [5, 5.41) is 13.9. The molecular weight excluding hydrogens is 324 g/mol. The molecule has 0 heterocycles. The Morgan fingerprint density at radius 2 is 0.962 bits per heavy atom. The van der Waals surface area contributed by atoms with Crippen molar-refractivity contribution in [2.45, 2.75) is 65.2 Å². The van der Waals surface area contributed by atoms with E-state index in [1.54, 1.807) is 0 Å². The van der Waals surface area contributed by atoms with Gasteiger partial charge in [-0.1, -0.05) is 100 Å². The Kier molecular flexibility index (Phi) is 16.0. The summed E-state index contributed by atoms with van der Waals surface area (Å²) in [6, 6.07) is 21.4. The van der Waals surface area contributed by atoms with Crippen LogP contribution in [0, 0.1) is 0 Å². The van der Waals surface area contributed by atoms with E-state index in [-0.39, 0.29) is 0 Å². The lowest BCUT2D eigenvalue weighted by Gasteiger charge is -1.98. The molecule has 0 radical (unpaired) electrons. The first kappa shape index (κ1) is 23.7. The molecule has 0 unspecified atom stereocenters. The molecule has 0 atom stereocenters. The van der Waals surface area contributed by atoms with Gasteiger partial charge in [0.2, 0.25) is 0 Å².